The number of aromatic nitrogens is 3. The molecule has 6 nitrogen and oxygen atoms in total. The summed E-state index contributed by atoms with van der Waals surface area (Å²) in [6, 6.07) is 3.66. The summed E-state index contributed by atoms with van der Waals surface area (Å²) in [5, 5.41) is 11.5. The third kappa shape index (κ3) is 2.67. The molecule has 0 aliphatic carbocycles. The highest BCUT2D eigenvalue weighted by Crippen LogP contribution is 2.32. The molecule has 0 bridgehead atoms. The Morgan fingerprint density at radius 3 is 2.39 bits per heavy atom. The van der Waals surface area contributed by atoms with E-state index in [1.54, 1.807) is 20.4 Å². The molecule has 18 heavy (non-hydrogen) atoms. The maximum atomic E-state index is 5.23. The van der Waals surface area contributed by atoms with Crippen LogP contribution in [0.4, 0.5) is 0 Å². The van der Waals surface area contributed by atoms with Gasteiger partial charge < -0.3 is 9.47 Å². The number of hydrogen-bond donors (Lipinski definition) is 0. The van der Waals surface area contributed by atoms with Crippen molar-refractivity contribution in [1.82, 2.24) is 14.9 Å². The Bertz CT molecular complexity index is 554. The second-order valence-electron chi connectivity index (χ2n) is 3.32. The van der Waals surface area contributed by atoms with Crippen molar-refractivity contribution in [3.05, 3.63) is 34.8 Å². The molecule has 0 spiro atoms. The molecular formula is C11H11BrN4O2. The van der Waals surface area contributed by atoms with Crippen molar-refractivity contribution in [3.8, 4) is 11.5 Å². The van der Waals surface area contributed by atoms with Crippen LogP contribution in [0, 0.1) is 0 Å². The molecule has 0 fully saturated rings. The van der Waals surface area contributed by atoms with Crippen LogP contribution in [0.25, 0.3) is 0 Å². The van der Waals surface area contributed by atoms with Crippen molar-refractivity contribution in [1.29, 1.82) is 0 Å². The van der Waals surface area contributed by atoms with Crippen LogP contribution in [0.5, 0.6) is 11.5 Å². The van der Waals surface area contributed by atoms with E-state index >= 15 is 0 Å². The standard InChI is InChI=1S/C11H11BrN4O2/c1-17-10-3-8(9(12)4-11(10)18-2)5-15-16-6-13-14-7-16/h3-7H,1-2H3. The summed E-state index contributed by atoms with van der Waals surface area (Å²) in [6.45, 7) is 0. The first-order valence-corrected chi connectivity index (χ1v) is 5.84. The van der Waals surface area contributed by atoms with Crippen LogP contribution < -0.4 is 9.47 Å². The Kier molecular flexibility index (Phi) is 3.93. The molecule has 0 unspecified atom stereocenters. The van der Waals surface area contributed by atoms with E-state index < -0.39 is 0 Å². The van der Waals surface area contributed by atoms with Crippen molar-refractivity contribution >= 4 is 22.1 Å². The van der Waals surface area contributed by atoms with Crippen LogP contribution in [0.3, 0.4) is 0 Å². The first-order chi connectivity index (χ1) is 8.74. The van der Waals surface area contributed by atoms with Crippen molar-refractivity contribution < 1.29 is 9.47 Å². The zero-order valence-corrected chi connectivity index (χ0v) is 11.5. The maximum Gasteiger partial charge on any atom is 0.161 e. The number of benzene rings is 1. The predicted molar refractivity (Wildman–Crippen MR) is 70.3 cm³/mol. The molecule has 0 aliphatic rings. The Morgan fingerprint density at radius 1 is 1.17 bits per heavy atom. The fourth-order valence-electron chi connectivity index (χ4n) is 1.35. The van der Waals surface area contributed by atoms with Gasteiger partial charge in [0, 0.05) is 10.0 Å². The monoisotopic (exact) mass is 310 g/mol. The van der Waals surface area contributed by atoms with Gasteiger partial charge in [0.05, 0.1) is 20.4 Å². The van der Waals surface area contributed by atoms with E-state index in [-0.39, 0.29) is 0 Å². The van der Waals surface area contributed by atoms with Crippen molar-refractivity contribution in [3.63, 3.8) is 0 Å². The number of methoxy groups -OCH3 is 2. The molecule has 0 atom stereocenters. The molecule has 0 saturated carbocycles. The summed E-state index contributed by atoms with van der Waals surface area (Å²) < 4.78 is 12.8. The number of hydrogen-bond acceptors (Lipinski definition) is 5. The van der Waals surface area contributed by atoms with Gasteiger partial charge in [-0.3, -0.25) is 0 Å². The van der Waals surface area contributed by atoms with Crippen LogP contribution >= 0.6 is 15.9 Å². The minimum Gasteiger partial charge on any atom is -0.493 e. The lowest BCUT2D eigenvalue weighted by molar-refractivity contribution is 0.354. The first kappa shape index (κ1) is 12.6. The highest BCUT2D eigenvalue weighted by Gasteiger charge is 2.08. The zero-order chi connectivity index (χ0) is 13.0. The van der Waals surface area contributed by atoms with Crippen LogP contribution in [0.15, 0.2) is 34.4 Å². The van der Waals surface area contributed by atoms with Gasteiger partial charge in [-0.05, 0) is 28.1 Å². The van der Waals surface area contributed by atoms with E-state index in [9.17, 15) is 0 Å². The lowest BCUT2D eigenvalue weighted by Crippen LogP contribution is -1.94. The van der Waals surface area contributed by atoms with E-state index in [1.165, 1.54) is 17.3 Å². The van der Waals surface area contributed by atoms with Crippen molar-refractivity contribution in [2.75, 3.05) is 14.2 Å². The molecule has 0 amide bonds. The highest BCUT2D eigenvalue weighted by molar-refractivity contribution is 9.10. The van der Waals surface area contributed by atoms with Gasteiger partial charge in [-0.15, -0.1) is 10.2 Å². The minimum atomic E-state index is 0.644. The van der Waals surface area contributed by atoms with E-state index in [0.29, 0.717) is 11.5 Å². The van der Waals surface area contributed by atoms with Crippen molar-refractivity contribution in [2.24, 2.45) is 5.10 Å². The quantitative estimate of drug-likeness (QED) is 0.810. The Labute approximate surface area is 112 Å². The molecule has 94 valence electrons. The summed E-state index contributed by atoms with van der Waals surface area (Å²) in [4.78, 5) is 0. The molecule has 0 radical (unpaired) electrons. The van der Waals surface area contributed by atoms with Gasteiger partial charge >= 0.3 is 0 Å². The third-order valence-corrected chi connectivity index (χ3v) is 2.93. The summed E-state index contributed by atoms with van der Waals surface area (Å²) in [5.41, 5.74) is 0.862. The van der Waals surface area contributed by atoms with Crippen LogP contribution in [0.1, 0.15) is 5.56 Å². The number of ether oxygens (including phenoxy) is 2. The fourth-order valence-corrected chi connectivity index (χ4v) is 1.78. The molecule has 0 saturated heterocycles. The highest BCUT2D eigenvalue weighted by atomic mass is 79.9. The summed E-state index contributed by atoms with van der Waals surface area (Å²) >= 11 is 3.45. The van der Waals surface area contributed by atoms with Gasteiger partial charge in [0.25, 0.3) is 0 Å². The summed E-state index contributed by atoms with van der Waals surface area (Å²) in [6.07, 6.45) is 4.69. The average Bonchev–Trinajstić information content (AvgIpc) is 2.90. The van der Waals surface area contributed by atoms with E-state index in [1.807, 2.05) is 12.1 Å². The summed E-state index contributed by atoms with van der Waals surface area (Å²) in [5.74, 6) is 1.30. The molecule has 1 heterocycles. The number of nitrogens with zero attached hydrogens (tertiary/aromatic N) is 4. The maximum absolute atomic E-state index is 5.23. The summed E-state index contributed by atoms with van der Waals surface area (Å²) in [7, 11) is 3.18. The van der Waals surface area contributed by atoms with Crippen LogP contribution in [-0.4, -0.2) is 35.3 Å². The second kappa shape index (κ2) is 5.63. The van der Waals surface area contributed by atoms with Gasteiger partial charge in [0.15, 0.2) is 11.5 Å². The predicted octanol–water partition coefficient (Wildman–Crippen LogP) is 1.94. The van der Waals surface area contributed by atoms with Gasteiger partial charge in [0.2, 0.25) is 0 Å². The smallest absolute Gasteiger partial charge is 0.161 e. The minimum absolute atomic E-state index is 0.644. The number of rotatable bonds is 4. The largest absolute Gasteiger partial charge is 0.493 e. The molecule has 0 aliphatic heterocycles. The molecule has 2 aromatic rings. The third-order valence-electron chi connectivity index (χ3n) is 2.24. The Balaban J connectivity index is 2.33. The first-order valence-electron chi connectivity index (χ1n) is 5.05. The van der Waals surface area contributed by atoms with Gasteiger partial charge in [0.1, 0.15) is 12.7 Å². The Hall–Kier alpha value is -1.89. The second-order valence-corrected chi connectivity index (χ2v) is 4.17. The fraction of sp³-hybridized carbons (Fsp3) is 0.182. The molecule has 1 aromatic heterocycles. The zero-order valence-electron chi connectivity index (χ0n) is 9.87. The molecule has 0 N–H and O–H groups in total. The normalized spacial score (nSPS) is 10.8. The lowest BCUT2D eigenvalue weighted by atomic mass is 10.2. The van der Waals surface area contributed by atoms with E-state index in [4.69, 9.17) is 9.47 Å². The Morgan fingerprint density at radius 2 is 1.78 bits per heavy atom. The average molecular weight is 311 g/mol. The lowest BCUT2D eigenvalue weighted by Gasteiger charge is -2.09. The van der Waals surface area contributed by atoms with E-state index in [0.717, 1.165) is 10.0 Å². The molecule has 7 heteroatoms. The van der Waals surface area contributed by atoms with Gasteiger partial charge in [-0.2, -0.15) is 5.10 Å². The number of halogens is 1. The SMILES string of the molecule is COc1cc(Br)c(C=Nn2cnnc2)cc1OC. The molecular weight excluding hydrogens is 300 g/mol. The molecule has 1 aromatic carbocycles. The van der Waals surface area contributed by atoms with Crippen molar-refractivity contribution in [2.45, 2.75) is 0 Å². The molecule has 2 rings (SSSR count). The van der Waals surface area contributed by atoms with Crippen LogP contribution in [-0.2, 0) is 0 Å². The van der Waals surface area contributed by atoms with E-state index in [2.05, 4.69) is 31.2 Å². The van der Waals surface area contributed by atoms with Gasteiger partial charge in [-0.25, -0.2) is 4.68 Å². The van der Waals surface area contributed by atoms with Crippen LogP contribution in [0.2, 0.25) is 0 Å². The topological polar surface area (TPSA) is 61.5 Å². The van der Waals surface area contributed by atoms with Gasteiger partial charge in [-0.1, -0.05) is 0 Å².